The summed E-state index contributed by atoms with van der Waals surface area (Å²) in [6.07, 6.45) is 5.42. The van der Waals surface area contributed by atoms with Gasteiger partial charge in [0.2, 0.25) is 17.2 Å². The average molecular weight is 282 g/mol. The van der Waals surface area contributed by atoms with Crippen LogP contribution in [0.4, 0.5) is 11.9 Å². The molecule has 2 heterocycles. The van der Waals surface area contributed by atoms with Gasteiger partial charge in [0.1, 0.15) is 0 Å². The van der Waals surface area contributed by atoms with Gasteiger partial charge in [-0.2, -0.15) is 15.0 Å². The molecule has 0 bridgehead atoms. The third-order valence-electron chi connectivity index (χ3n) is 2.36. The van der Waals surface area contributed by atoms with Crippen molar-refractivity contribution in [3.05, 3.63) is 24.0 Å². The minimum absolute atomic E-state index is 0.141. The molecule has 0 saturated carbocycles. The minimum atomic E-state index is 0.141. The monoisotopic (exact) mass is 281 g/mol. The van der Waals surface area contributed by atoms with E-state index in [0.29, 0.717) is 11.9 Å². The molecule has 0 aliphatic heterocycles. The van der Waals surface area contributed by atoms with Crippen LogP contribution in [-0.2, 0) is 6.54 Å². The van der Waals surface area contributed by atoms with Gasteiger partial charge >= 0.3 is 0 Å². The van der Waals surface area contributed by atoms with Crippen LogP contribution in [0.25, 0.3) is 0 Å². The van der Waals surface area contributed by atoms with Crippen LogP contribution in [0.3, 0.4) is 0 Å². The van der Waals surface area contributed by atoms with Crippen LogP contribution in [0.2, 0.25) is 5.28 Å². The highest BCUT2D eigenvalue weighted by Crippen LogP contribution is 2.10. The van der Waals surface area contributed by atoms with Crippen molar-refractivity contribution in [2.75, 3.05) is 17.2 Å². The van der Waals surface area contributed by atoms with Crippen molar-refractivity contribution in [1.82, 2.24) is 24.5 Å². The fourth-order valence-electron chi connectivity index (χ4n) is 1.63. The van der Waals surface area contributed by atoms with E-state index >= 15 is 0 Å². The van der Waals surface area contributed by atoms with Crippen molar-refractivity contribution < 1.29 is 0 Å². The first kappa shape index (κ1) is 13.5. The van der Waals surface area contributed by atoms with Crippen molar-refractivity contribution in [3.63, 3.8) is 0 Å². The Hall–Kier alpha value is -1.89. The molecule has 0 aliphatic carbocycles. The maximum absolute atomic E-state index is 5.85. The molecular formula is C11H16ClN7. The predicted molar refractivity (Wildman–Crippen MR) is 74.3 cm³/mol. The van der Waals surface area contributed by atoms with Crippen LogP contribution in [0.5, 0.6) is 0 Å². The Bertz CT molecular complexity index is 514. The van der Waals surface area contributed by atoms with Crippen LogP contribution < -0.4 is 10.6 Å². The lowest BCUT2D eigenvalue weighted by atomic mass is 10.3. The zero-order chi connectivity index (χ0) is 13.7. The standard InChI is InChI=1S/C11H16ClN7/c1-3-14-10-16-9(12)17-11(18-10)15-8(2)6-19-5-4-13-7-19/h4-5,7-8H,3,6H2,1-2H3,(H2,14,15,16,17,18). The van der Waals surface area contributed by atoms with E-state index < -0.39 is 0 Å². The van der Waals surface area contributed by atoms with Crippen LogP contribution in [0, 0.1) is 0 Å². The van der Waals surface area contributed by atoms with Gasteiger partial charge in [-0.1, -0.05) is 0 Å². The second-order valence-electron chi connectivity index (χ2n) is 4.09. The molecule has 19 heavy (non-hydrogen) atoms. The summed E-state index contributed by atoms with van der Waals surface area (Å²) in [4.78, 5) is 16.3. The SMILES string of the molecule is CCNc1nc(Cl)nc(NC(C)Cn2ccnc2)n1. The summed E-state index contributed by atoms with van der Waals surface area (Å²) < 4.78 is 1.98. The Morgan fingerprint density at radius 1 is 1.32 bits per heavy atom. The Labute approximate surface area is 116 Å². The number of aromatic nitrogens is 5. The lowest BCUT2D eigenvalue weighted by molar-refractivity contribution is 0.614. The molecule has 0 aliphatic rings. The van der Waals surface area contributed by atoms with Crippen LogP contribution in [-0.4, -0.2) is 37.1 Å². The maximum atomic E-state index is 5.85. The third-order valence-corrected chi connectivity index (χ3v) is 2.53. The van der Waals surface area contributed by atoms with Gasteiger partial charge in [-0.15, -0.1) is 0 Å². The Balaban J connectivity index is 2.01. The molecule has 1 atom stereocenters. The van der Waals surface area contributed by atoms with Crippen molar-refractivity contribution in [3.8, 4) is 0 Å². The summed E-state index contributed by atoms with van der Waals surface area (Å²) >= 11 is 5.85. The zero-order valence-corrected chi connectivity index (χ0v) is 11.6. The number of nitrogens with one attached hydrogen (secondary N) is 2. The number of hydrogen-bond donors (Lipinski definition) is 2. The van der Waals surface area contributed by atoms with Crippen molar-refractivity contribution in [2.45, 2.75) is 26.4 Å². The van der Waals surface area contributed by atoms with Gasteiger partial charge in [0.15, 0.2) is 0 Å². The van der Waals surface area contributed by atoms with E-state index in [2.05, 4.69) is 30.6 Å². The van der Waals surface area contributed by atoms with E-state index in [1.54, 1.807) is 12.5 Å². The molecule has 0 aromatic carbocycles. The molecule has 2 N–H and O–H groups in total. The van der Waals surface area contributed by atoms with Gasteiger partial charge in [-0.3, -0.25) is 0 Å². The van der Waals surface area contributed by atoms with Gasteiger partial charge in [-0.25, -0.2) is 4.98 Å². The Morgan fingerprint density at radius 2 is 2.11 bits per heavy atom. The van der Waals surface area contributed by atoms with Crippen molar-refractivity contribution in [1.29, 1.82) is 0 Å². The lowest BCUT2D eigenvalue weighted by Crippen LogP contribution is -2.23. The summed E-state index contributed by atoms with van der Waals surface area (Å²) in [6.45, 7) is 5.49. The number of nitrogens with zero attached hydrogens (tertiary/aromatic N) is 5. The first-order valence-corrected chi connectivity index (χ1v) is 6.43. The van der Waals surface area contributed by atoms with Gasteiger partial charge in [0.05, 0.1) is 6.33 Å². The highest BCUT2D eigenvalue weighted by Gasteiger charge is 2.08. The van der Waals surface area contributed by atoms with Gasteiger partial charge < -0.3 is 15.2 Å². The number of imidazole rings is 1. The summed E-state index contributed by atoms with van der Waals surface area (Å²) in [6, 6.07) is 0.141. The number of rotatable bonds is 6. The van der Waals surface area contributed by atoms with E-state index in [-0.39, 0.29) is 11.3 Å². The zero-order valence-electron chi connectivity index (χ0n) is 10.8. The number of halogens is 1. The van der Waals surface area contributed by atoms with E-state index in [1.165, 1.54) is 0 Å². The van der Waals surface area contributed by atoms with Gasteiger partial charge in [0.25, 0.3) is 0 Å². The van der Waals surface area contributed by atoms with Gasteiger partial charge in [0, 0.05) is 31.5 Å². The van der Waals surface area contributed by atoms with E-state index in [4.69, 9.17) is 11.6 Å². The van der Waals surface area contributed by atoms with Gasteiger partial charge in [-0.05, 0) is 25.4 Å². The highest BCUT2D eigenvalue weighted by atomic mass is 35.5. The second-order valence-corrected chi connectivity index (χ2v) is 4.42. The molecule has 2 aromatic rings. The minimum Gasteiger partial charge on any atom is -0.354 e. The van der Waals surface area contributed by atoms with E-state index in [9.17, 15) is 0 Å². The molecular weight excluding hydrogens is 266 g/mol. The molecule has 8 heteroatoms. The molecule has 0 saturated heterocycles. The molecule has 7 nitrogen and oxygen atoms in total. The van der Waals surface area contributed by atoms with Crippen LogP contribution in [0.15, 0.2) is 18.7 Å². The molecule has 2 rings (SSSR count). The summed E-state index contributed by atoms with van der Waals surface area (Å²) in [5.74, 6) is 0.934. The smallest absolute Gasteiger partial charge is 0.229 e. The first-order valence-electron chi connectivity index (χ1n) is 6.05. The molecule has 0 fully saturated rings. The van der Waals surface area contributed by atoms with Crippen molar-refractivity contribution in [2.24, 2.45) is 0 Å². The fraction of sp³-hybridized carbons (Fsp3) is 0.455. The Kier molecular flexibility index (Phi) is 4.51. The van der Waals surface area contributed by atoms with E-state index in [1.807, 2.05) is 24.6 Å². The summed E-state index contributed by atoms with van der Waals surface area (Å²) in [5.41, 5.74) is 0. The topological polar surface area (TPSA) is 80.5 Å². The highest BCUT2D eigenvalue weighted by molar-refractivity contribution is 6.28. The van der Waals surface area contributed by atoms with Crippen LogP contribution in [0.1, 0.15) is 13.8 Å². The number of anilines is 2. The largest absolute Gasteiger partial charge is 0.354 e. The quantitative estimate of drug-likeness (QED) is 0.838. The molecule has 0 radical (unpaired) electrons. The molecule has 0 spiro atoms. The second kappa shape index (κ2) is 6.33. The molecule has 0 amide bonds. The molecule has 102 valence electrons. The van der Waals surface area contributed by atoms with Crippen LogP contribution >= 0.6 is 11.6 Å². The molecule has 2 aromatic heterocycles. The lowest BCUT2D eigenvalue weighted by Gasteiger charge is -2.14. The van der Waals surface area contributed by atoms with Crippen molar-refractivity contribution >= 4 is 23.5 Å². The fourth-order valence-corrected chi connectivity index (χ4v) is 1.79. The first-order chi connectivity index (χ1) is 9.17. The normalized spacial score (nSPS) is 12.2. The Morgan fingerprint density at radius 3 is 2.79 bits per heavy atom. The number of hydrogen-bond acceptors (Lipinski definition) is 6. The third kappa shape index (κ3) is 4.06. The van der Waals surface area contributed by atoms with E-state index in [0.717, 1.165) is 13.1 Å². The molecule has 1 unspecified atom stereocenters. The predicted octanol–water partition coefficient (Wildman–Crippen LogP) is 1.65. The average Bonchev–Trinajstić information content (AvgIpc) is 2.81. The maximum Gasteiger partial charge on any atom is 0.229 e. The summed E-state index contributed by atoms with van der Waals surface area (Å²) in [7, 11) is 0. The summed E-state index contributed by atoms with van der Waals surface area (Å²) in [5, 5.41) is 6.36.